The summed E-state index contributed by atoms with van der Waals surface area (Å²) in [6.07, 6.45) is 6.07. The fraction of sp³-hybridized carbons (Fsp3) is 0.632. The third kappa shape index (κ3) is 5.28. The van der Waals surface area contributed by atoms with Crippen LogP contribution in [0.3, 0.4) is 0 Å². The minimum atomic E-state index is -3.57. The van der Waals surface area contributed by atoms with Gasteiger partial charge in [0, 0.05) is 18.8 Å². The Balaban J connectivity index is 1.63. The molecule has 0 radical (unpaired) electrons. The van der Waals surface area contributed by atoms with Crippen molar-refractivity contribution >= 4 is 21.6 Å². The van der Waals surface area contributed by atoms with Crippen molar-refractivity contribution in [2.75, 3.05) is 31.6 Å². The average molecular weight is 397 g/mol. The van der Waals surface area contributed by atoms with E-state index in [0.717, 1.165) is 12.8 Å². The summed E-state index contributed by atoms with van der Waals surface area (Å²) < 4.78 is 32.2. The lowest BCUT2D eigenvalue weighted by Gasteiger charge is -2.26. The molecule has 150 valence electrons. The van der Waals surface area contributed by atoms with Crippen LogP contribution < -0.4 is 10.6 Å². The van der Waals surface area contributed by atoms with Crippen LogP contribution in [-0.4, -0.2) is 57.0 Å². The molecule has 27 heavy (non-hydrogen) atoms. The molecule has 2 fully saturated rings. The van der Waals surface area contributed by atoms with Gasteiger partial charge in [0.15, 0.2) is 6.04 Å². The maximum atomic E-state index is 12.8. The molecule has 0 bridgehead atoms. The van der Waals surface area contributed by atoms with Gasteiger partial charge in [0.25, 0.3) is 5.91 Å². The number of anilines is 1. The lowest BCUT2D eigenvalue weighted by molar-refractivity contribution is -0.708. The molecule has 3 rings (SSSR count). The van der Waals surface area contributed by atoms with Gasteiger partial charge in [-0.2, -0.15) is 4.31 Å². The molecule has 1 atom stereocenters. The van der Waals surface area contributed by atoms with E-state index in [0.29, 0.717) is 38.0 Å². The van der Waals surface area contributed by atoms with Gasteiger partial charge in [-0.25, -0.2) is 8.42 Å². The molecule has 1 aromatic rings. The minimum Gasteiger partial charge on any atom is -0.379 e. The molecule has 0 spiro atoms. The first kappa shape index (κ1) is 20.3. The average Bonchev–Trinajstić information content (AvgIpc) is 2.69. The van der Waals surface area contributed by atoms with Crippen molar-refractivity contribution in [3.8, 4) is 0 Å². The van der Waals surface area contributed by atoms with Gasteiger partial charge < -0.3 is 15.4 Å². The summed E-state index contributed by atoms with van der Waals surface area (Å²) in [6.45, 7) is 3.42. The Morgan fingerprint density at radius 2 is 1.93 bits per heavy atom. The second kappa shape index (κ2) is 9.14. The maximum Gasteiger partial charge on any atom is 0.282 e. The predicted octanol–water partition coefficient (Wildman–Crippen LogP) is 0.931. The number of nitrogens with one attached hydrogen (secondary N) is 1. The Kier molecular flexibility index (Phi) is 6.86. The monoisotopic (exact) mass is 396 g/mol. The highest BCUT2D eigenvalue weighted by Gasteiger charge is 2.27. The molecule has 2 aliphatic rings. The van der Waals surface area contributed by atoms with Gasteiger partial charge >= 0.3 is 0 Å². The molecule has 1 aliphatic heterocycles. The molecular weight excluding hydrogens is 366 g/mol. The highest BCUT2D eigenvalue weighted by Crippen LogP contribution is 2.20. The van der Waals surface area contributed by atoms with E-state index in [4.69, 9.17) is 4.74 Å². The summed E-state index contributed by atoms with van der Waals surface area (Å²) >= 11 is 0. The number of rotatable bonds is 6. The fourth-order valence-electron chi connectivity index (χ4n) is 3.75. The minimum absolute atomic E-state index is 0.0958. The second-order valence-electron chi connectivity index (χ2n) is 7.41. The van der Waals surface area contributed by atoms with E-state index < -0.39 is 10.0 Å². The van der Waals surface area contributed by atoms with E-state index in [1.54, 1.807) is 18.2 Å². The molecule has 1 aromatic carbocycles. The number of carbonyl (C=O) groups is 1. The molecule has 7 nitrogen and oxygen atoms in total. The first-order valence-electron chi connectivity index (χ1n) is 9.80. The van der Waals surface area contributed by atoms with Gasteiger partial charge in [-0.1, -0.05) is 12.5 Å². The van der Waals surface area contributed by atoms with Crippen molar-refractivity contribution in [3.05, 3.63) is 24.3 Å². The molecule has 3 N–H and O–H groups in total. The molecule has 1 amide bonds. The summed E-state index contributed by atoms with van der Waals surface area (Å²) in [5.74, 6) is -0.0958. The van der Waals surface area contributed by atoms with Gasteiger partial charge in [-0.05, 0) is 50.8 Å². The Morgan fingerprint density at radius 3 is 2.63 bits per heavy atom. The summed E-state index contributed by atoms with van der Waals surface area (Å²) in [5.41, 5.74) is 0.512. The van der Waals surface area contributed by atoms with Crippen LogP contribution in [0.4, 0.5) is 5.69 Å². The Morgan fingerprint density at radius 1 is 1.22 bits per heavy atom. The van der Waals surface area contributed by atoms with Crippen LogP contribution >= 0.6 is 0 Å². The van der Waals surface area contributed by atoms with Gasteiger partial charge in [-0.15, -0.1) is 0 Å². The van der Waals surface area contributed by atoms with Crippen LogP contribution in [0.25, 0.3) is 0 Å². The van der Waals surface area contributed by atoms with Crippen LogP contribution in [-0.2, 0) is 19.6 Å². The smallest absolute Gasteiger partial charge is 0.282 e. The molecule has 1 saturated carbocycles. The number of quaternary nitrogens is 1. The van der Waals surface area contributed by atoms with Crippen LogP contribution in [0.15, 0.2) is 29.2 Å². The van der Waals surface area contributed by atoms with E-state index in [2.05, 4.69) is 10.6 Å². The van der Waals surface area contributed by atoms with Gasteiger partial charge in [0.2, 0.25) is 10.0 Å². The summed E-state index contributed by atoms with van der Waals surface area (Å²) in [7, 11) is -3.57. The first-order valence-corrected chi connectivity index (χ1v) is 11.2. The predicted molar refractivity (Wildman–Crippen MR) is 103 cm³/mol. The standard InChI is InChI=1S/C19H29N3O4S/c1-15(20-16-6-3-2-4-7-16)19(23)21-17-8-5-9-18(14-17)27(24,25)22-10-12-26-13-11-22/h5,8-9,14-16,20H,2-4,6-7,10-13H2,1H3,(H,21,23)/p+1/t15-/m1/s1. The fourth-order valence-corrected chi connectivity index (χ4v) is 5.20. The highest BCUT2D eigenvalue weighted by atomic mass is 32.2. The van der Waals surface area contributed by atoms with E-state index in [9.17, 15) is 13.2 Å². The summed E-state index contributed by atoms with van der Waals surface area (Å²) in [4.78, 5) is 12.7. The van der Waals surface area contributed by atoms with Gasteiger partial charge in [0.1, 0.15) is 0 Å². The number of morpholine rings is 1. The summed E-state index contributed by atoms with van der Waals surface area (Å²) in [5, 5.41) is 5.01. The third-order valence-electron chi connectivity index (χ3n) is 5.33. The van der Waals surface area contributed by atoms with Crippen LogP contribution in [0, 0.1) is 0 Å². The van der Waals surface area contributed by atoms with E-state index >= 15 is 0 Å². The summed E-state index contributed by atoms with van der Waals surface area (Å²) in [6, 6.07) is 6.80. The Labute approximate surface area is 161 Å². The second-order valence-corrected chi connectivity index (χ2v) is 9.35. The van der Waals surface area contributed by atoms with Crippen molar-refractivity contribution in [3.63, 3.8) is 0 Å². The molecule has 1 aliphatic carbocycles. The number of ether oxygens (including phenoxy) is 1. The first-order chi connectivity index (χ1) is 13.0. The number of benzene rings is 1. The zero-order chi connectivity index (χ0) is 19.3. The topological polar surface area (TPSA) is 92.3 Å². The zero-order valence-electron chi connectivity index (χ0n) is 15.9. The SMILES string of the molecule is C[C@@H]([NH2+]C1CCCCC1)C(=O)Nc1cccc(S(=O)(=O)N2CCOCC2)c1. The number of nitrogens with zero attached hydrogens (tertiary/aromatic N) is 1. The largest absolute Gasteiger partial charge is 0.379 e. The molecule has 1 heterocycles. The van der Waals surface area contributed by atoms with Crippen LogP contribution in [0.5, 0.6) is 0 Å². The van der Waals surface area contributed by atoms with Gasteiger partial charge in [-0.3, -0.25) is 4.79 Å². The third-order valence-corrected chi connectivity index (χ3v) is 7.23. The molecule has 0 aromatic heterocycles. The highest BCUT2D eigenvalue weighted by molar-refractivity contribution is 7.89. The number of nitrogens with two attached hydrogens (primary N) is 1. The molecule has 8 heteroatoms. The van der Waals surface area contributed by atoms with Gasteiger partial charge in [0.05, 0.1) is 24.2 Å². The number of hydrogen-bond donors (Lipinski definition) is 2. The van der Waals surface area contributed by atoms with Crippen molar-refractivity contribution < 1.29 is 23.3 Å². The van der Waals surface area contributed by atoms with E-state index in [1.165, 1.54) is 29.6 Å². The van der Waals surface area contributed by atoms with E-state index in [-0.39, 0.29) is 16.8 Å². The molecule has 1 saturated heterocycles. The Bertz CT molecular complexity index is 741. The number of amides is 1. The van der Waals surface area contributed by atoms with E-state index in [1.807, 2.05) is 6.92 Å². The lowest BCUT2D eigenvalue weighted by Crippen LogP contribution is -2.96. The van der Waals surface area contributed by atoms with Crippen LogP contribution in [0.2, 0.25) is 0 Å². The van der Waals surface area contributed by atoms with Crippen LogP contribution in [0.1, 0.15) is 39.0 Å². The molecular formula is C19H30N3O4S+. The van der Waals surface area contributed by atoms with Crippen molar-refractivity contribution in [1.29, 1.82) is 0 Å². The Hall–Kier alpha value is -1.48. The quantitative estimate of drug-likeness (QED) is 0.748. The lowest BCUT2D eigenvalue weighted by atomic mass is 9.95. The normalized spacial score (nSPS) is 20.9. The number of sulfonamides is 1. The maximum absolute atomic E-state index is 12.8. The van der Waals surface area contributed by atoms with Crippen molar-refractivity contribution in [1.82, 2.24) is 4.31 Å². The zero-order valence-corrected chi connectivity index (χ0v) is 16.7. The molecule has 0 unspecified atom stereocenters. The van der Waals surface area contributed by atoms with Crippen molar-refractivity contribution in [2.24, 2.45) is 0 Å². The van der Waals surface area contributed by atoms with Crippen molar-refractivity contribution in [2.45, 2.75) is 56.0 Å². The number of hydrogen-bond acceptors (Lipinski definition) is 4. The number of carbonyl (C=O) groups excluding carboxylic acids is 1.